The van der Waals surface area contributed by atoms with Crippen molar-refractivity contribution >= 4 is 5.57 Å². The van der Waals surface area contributed by atoms with Gasteiger partial charge >= 0.3 is 0 Å². The highest BCUT2D eigenvalue weighted by Crippen LogP contribution is 2.41. The summed E-state index contributed by atoms with van der Waals surface area (Å²) in [7, 11) is 0. The average Bonchev–Trinajstić information content (AvgIpc) is 2.24. The number of allylic oxidation sites excluding steroid dienone is 1. The van der Waals surface area contributed by atoms with Crippen LogP contribution in [0, 0.1) is 11.3 Å². The number of rotatable bonds is 0. The minimum absolute atomic E-state index is 0.182. The molecule has 1 aliphatic carbocycles. The van der Waals surface area contributed by atoms with E-state index in [0.717, 1.165) is 5.57 Å². The van der Waals surface area contributed by atoms with Crippen molar-refractivity contribution in [2.75, 3.05) is 0 Å². The lowest BCUT2D eigenvalue weighted by Gasteiger charge is -2.26. The second kappa shape index (κ2) is 2.91. The summed E-state index contributed by atoms with van der Waals surface area (Å²) >= 11 is 0. The Bertz CT molecular complexity index is 433. The minimum Gasteiger partial charge on any atom is -0.256 e. The number of pyridine rings is 1. The first-order valence-corrected chi connectivity index (χ1v) is 4.41. The summed E-state index contributed by atoms with van der Waals surface area (Å²) in [6.45, 7) is 3.82. The number of aromatic nitrogens is 1. The Balaban J connectivity index is 2.65. The number of nitrogens with zero attached hydrogens (tertiary/aromatic N) is 2. The van der Waals surface area contributed by atoms with Crippen LogP contribution < -0.4 is 0 Å². The summed E-state index contributed by atoms with van der Waals surface area (Å²) < 4.78 is 14.0. The van der Waals surface area contributed by atoms with E-state index < -0.39 is 5.67 Å². The van der Waals surface area contributed by atoms with Crippen molar-refractivity contribution < 1.29 is 4.39 Å². The summed E-state index contributed by atoms with van der Waals surface area (Å²) in [6, 6.07) is 4.96. The summed E-state index contributed by atoms with van der Waals surface area (Å²) in [5.74, 6) is 0. The maximum atomic E-state index is 14.0. The van der Waals surface area contributed by atoms with Gasteiger partial charge in [-0.3, -0.25) is 4.98 Å². The van der Waals surface area contributed by atoms with Crippen LogP contribution in [0.25, 0.3) is 5.57 Å². The lowest BCUT2D eigenvalue weighted by Crippen LogP contribution is -2.24. The Labute approximate surface area is 81.7 Å². The molecule has 0 aromatic carbocycles. The molecule has 14 heavy (non-hydrogen) atoms. The molecule has 0 aliphatic heterocycles. The maximum absolute atomic E-state index is 14.0. The molecule has 0 radical (unpaired) electrons. The van der Waals surface area contributed by atoms with Crippen molar-refractivity contribution in [3.05, 3.63) is 36.2 Å². The first-order chi connectivity index (χ1) is 6.67. The van der Waals surface area contributed by atoms with Gasteiger partial charge in [0.15, 0.2) is 0 Å². The number of fused-ring (bicyclic) bond motifs is 1. The van der Waals surface area contributed by atoms with Gasteiger partial charge in [0, 0.05) is 18.2 Å². The molecule has 1 aliphatic rings. The minimum atomic E-state index is -1.88. The standard InChI is InChI=1S/C11H9FN2/c1-8-4-5-11(12,7-13)9-3-2-6-14-10(8)9/h2-3,6H,1,4-5H2. The molecule has 0 N–H and O–H groups in total. The van der Waals surface area contributed by atoms with Gasteiger partial charge in [0.25, 0.3) is 0 Å². The Morgan fingerprint density at radius 1 is 1.64 bits per heavy atom. The molecule has 0 bridgehead atoms. The quantitative estimate of drug-likeness (QED) is 0.627. The predicted octanol–water partition coefficient (Wildman–Crippen LogP) is 2.58. The molecule has 0 saturated heterocycles. The van der Waals surface area contributed by atoms with Crippen LogP contribution in [0.1, 0.15) is 24.1 Å². The smallest absolute Gasteiger partial charge is 0.223 e. The third-order valence-corrected chi connectivity index (χ3v) is 2.52. The fourth-order valence-electron chi connectivity index (χ4n) is 1.70. The van der Waals surface area contributed by atoms with Crippen LogP contribution in [-0.2, 0) is 5.67 Å². The molecule has 1 unspecified atom stereocenters. The zero-order chi connectivity index (χ0) is 10.2. The molecule has 3 heteroatoms. The lowest BCUT2D eigenvalue weighted by molar-refractivity contribution is 0.223. The molecule has 0 fully saturated rings. The van der Waals surface area contributed by atoms with Crippen LogP contribution in [0.3, 0.4) is 0 Å². The first kappa shape index (κ1) is 8.89. The second-order valence-corrected chi connectivity index (χ2v) is 3.42. The van der Waals surface area contributed by atoms with E-state index in [2.05, 4.69) is 11.6 Å². The molecule has 2 nitrogen and oxygen atoms in total. The van der Waals surface area contributed by atoms with Crippen molar-refractivity contribution in [2.24, 2.45) is 0 Å². The fourth-order valence-corrected chi connectivity index (χ4v) is 1.70. The van der Waals surface area contributed by atoms with E-state index in [9.17, 15) is 4.39 Å². The largest absolute Gasteiger partial charge is 0.256 e. The molecule has 0 amide bonds. The third kappa shape index (κ3) is 1.12. The van der Waals surface area contributed by atoms with Crippen LogP contribution >= 0.6 is 0 Å². The summed E-state index contributed by atoms with van der Waals surface area (Å²) in [6.07, 6.45) is 2.27. The Morgan fingerprint density at radius 2 is 2.43 bits per heavy atom. The van der Waals surface area contributed by atoms with E-state index >= 15 is 0 Å². The Hall–Kier alpha value is -1.69. The van der Waals surface area contributed by atoms with Gasteiger partial charge in [0.1, 0.15) is 6.07 Å². The second-order valence-electron chi connectivity index (χ2n) is 3.42. The van der Waals surface area contributed by atoms with Gasteiger partial charge in [-0.25, -0.2) is 4.39 Å². The van der Waals surface area contributed by atoms with Gasteiger partial charge in [-0.15, -0.1) is 0 Å². The average molecular weight is 188 g/mol. The monoisotopic (exact) mass is 188 g/mol. The molecular formula is C11H9FN2. The van der Waals surface area contributed by atoms with Gasteiger partial charge in [-0.05, 0) is 18.1 Å². The summed E-state index contributed by atoms with van der Waals surface area (Å²) in [4.78, 5) is 4.05. The normalized spacial score (nSPS) is 25.3. The van der Waals surface area contributed by atoms with Crippen LogP contribution in [0.4, 0.5) is 4.39 Å². The molecule has 70 valence electrons. The van der Waals surface area contributed by atoms with Gasteiger partial charge in [-0.1, -0.05) is 12.6 Å². The number of halogens is 1. The number of nitriles is 1. The van der Waals surface area contributed by atoms with E-state index in [1.165, 1.54) is 0 Å². The predicted molar refractivity (Wildman–Crippen MR) is 50.9 cm³/mol. The first-order valence-electron chi connectivity index (χ1n) is 4.41. The molecule has 1 heterocycles. The van der Waals surface area contributed by atoms with E-state index in [4.69, 9.17) is 5.26 Å². The van der Waals surface area contributed by atoms with E-state index in [-0.39, 0.29) is 6.42 Å². The summed E-state index contributed by atoms with van der Waals surface area (Å²) in [5.41, 5.74) is -0.171. The molecule has 1 aromatic heterocycles. The maximum Gasteiger partial charge on any atom is 0.223 e. The van der Waals surface area contributed by atoms with Crippen molar-refractivity contribution in [3.8, 4) is 6.07 Å². The fraction of sp³-hybridized carbons (Fsp3) is 0.273. The van der Waals surface area contributed by atoms with Crippen LogP contribution in [0.2, 0.25) is 0 Å². The van der Waals surface area contributed by atoms with Crippen LogP contribution in [0.5, 0.6) is 0 Å². The highest BCUT2D eigenvalue weighted by molar-refractivity contribution is 5.67. The van der Waals surface area contributed by atoms with E-state index in [1.807, 2.05) is 0 Å². The third-order valence-electron chi connectivity index (χ3n) is 2.52. The van der Waals surface area contributed by atoms with Crippen molar-refractivity contribution in [1.82, 2.24) is 4.98 Å². The van der Waals surface area contributed by atoms with Gasteiger partial charge in [0.05, 0.1) is 5.69 Å². The van der Waals surface area contributed by atoms with Gasteiger partial charge < -0.3 is 0 Å². The molecule has 1 aromatic rings. The SMILES string of the molecule is C=C1CCC(F)(C#N)c2cccnc21. The van der Waals surface area contributed by atoms with Crippen molar-refractivity contribution in [1.29, 1.82) is 5.26 Å². The molecule has 0 saturated carbocycles. The summed E-state index contributed by atoms with van der Waals surface area (Å²) in [5, 5.41) is 8.80. The van der Waals surface area contributed by atoms with Gasteiger partial charge in [0.2, 0.25) is 5.67 Å². The lowest BCUT2D eigenvalue weighted by atomic mass is 9.82. The van der Waals surface area contributed by atoms with Crippen LogP contribution in [0.15, 0.2) is 24.9 Å². The highest BCUT2D eigenvalue weighted by Gasteiger charge is 2.38. The van der Waals surface area contributed by atoms with Gasteiger partial charge in [-0.2, -0.15) is 5.26 Å². The molecule has 1 atom stereocenters. The van der Waals surface area contributed by atoms with E-state index in [0.29, 0.717) is 17.7 Å². The zero-order valence-electron chi connectivity index (χ0n) is 7.63. The molecule has 2 rings (SSSR count). The van der Waals surface area contributed by atoms with Crippen LogP contribution in [-0.4, -0.2) is 4.98 Å². The van der Waals surface area contributed by atoms with E-state index in [1.54, 1.807) is 24.4 Å². The Morgan fingerprint density at radius 3 is 3.14 bits per heavy atom. The zero-order valence-corrected chi connectivity index (χ0v) is 7.63. The number of hydrogen-bond donors (Lipinski definition) is 0. The molecule has 0 spiro atoms. The highest BCUT2D eigenvalue weighted by atomic mass is 19.1. The topological polar surface area (TPSA) is 36.7 Å². The van der Waals surface area contributed by atoms with Crippen molar-refractivity contribution in [2.45, 2.75) is 18.5 Å². The number of alkyl halides is 1. The molecular weight excluding hydrogens is 179 g/mol. The Kier molecular flexibility index (Phi) is 1.85. The van der Waals surface area contributed by atoms with Crippen molar-refractivity contribution in [3.63, 3.8) is 0 Å². The number of hydrogen-bond acceptors (Lipinski definition) is 2.